The van der Waals surface area contributed by atoms with Gasteiger partial charge >= 0.3 is 5.97 Å². The Morgan fingerprint density at radius 1 is 1.12 bits per heavy atom. The summed E-state index contributed by atoms with van der Waals surface area (Å²) < 4.78 is 17.6. The van der Waals surface area contributed by atoms with Gasteiger partial charge in [0.05, 0.1) is 17.8 Å². The Bertz CT molecular complexity index is 1120. The number of hydrogen-bond donors (Lipinski definition) is 0. The molecule has 0 radical (unpaired) electrons. The van der Waals surface area contributed by atoms with Crippen molar-refractivity contribution in [3.8, 4) is 0 Å². The zero-order chi connectivity index (χ0) is 23.3. The summed E-state index contributed by atoms with van der Waals surface area (Å²) in [6.07, 6.45) is 0.899. The van der Waals surface area contributed by atoms with Gasteiger partial charge in [-0.15, -0.1) is 0 Å². The van der Waals surface area contributed by atoms with Crippen molar-refractivity contribution in [2.75, 3.05) is 6.61 Å². The maximum absolute atomic E-state index is 11.8. The minimum atomic E-state index is -0.402. The zero-order valence-electron chi connectivity index (χ0n) is 19.3. The van der Waals surface area contributed by atoms with Gasteiger partial charge in [0, 0.05) is 17.0 Å². The third-order valence-corrected chi connectivity index (χ3v) is 6.51. The van der Waals surface area contributed by atoms with Crippen molar-refractivity contribution in [3.63, 3.8) is 0 Å². The van der Waals surface area contributed by atoms with Crippen molar-refractivity contribution >= 4 is 23.1 Å². The summed E-state index contributed by atoms with van der Waals surface area (Å²) in [5.41, 5.74) is 4.62. The van der Waals surface area contributed by atoms with Crippen molar-refractivity contribution < 1.29 is 19.0 Å². The van der Waals surface area contributed by atoms with Gasteiger partial charge in [-0.25, -0.2) is 4.79 Å². The van der Waals surface area contributed by atoms with E-state index in [1.54, 1.807) is 6.07 Å². The average molecular weight is 431 g/mol. The number of rotatable bonds is 8. The third kappa shape index (κ3) is 4.15. The maximum atomic E-state index is 11.8. The second-order valence-corrected chi connectivity index (χ2v) is 9.49. The standard InChI is InChI=1S/C28H30O4/c1-17(2)20-8-11-22(12-9-20)27(5,6)30-16-23-15-28(23,7)32-18(3)21-10-13-24-25(14-21)19(4)31-26(24)29/h8-14,23H,1,3-4,15-16H2,2,5-7H3. The predicted molar refractivity (Wildman–Crippen MR) is 128 cm³/mol. The molecule has 0 spiro atoms. The van der Waals surface area contributed by atoms with Crippen LogP contribution in [-0.2, 0) is 19.8 Å². The first-order chi connectivity index (χ1) is 15.0. The first kappa shape index (κ1) is 22.1. The van der Waals surface area contributed by atoms with Crippen LogP contribution in [0.15, 0.2) is 62.2 Å². The highest BCUT2D eigenvalue weighted by molar-refractivity contribution is 6.03. The quantitative estimate of drug-likeness (QED) is 0.351. The first-order valence-electron chi connectivity index (χ1n) is 10.8. The van der Waals surface area contributed by atoms with Gasteiger partial charge in [-0.05, 0) is 57.4 Å². The fourth-order valence-electron chi connectivity index (χ4n) is 4.03. The van der Waals surface area contributed by atoms with Crippen molar-refractivity contribution in [1.29, 1.82) is 0 Å². The smallest absolute Gasteiger partial charge is 0.344 e. The lowest BCUT2D eigenvalue weighted by Crippen LogP contribution is -2.24. The summed E-state index contributed by atoms with van der Waals surface area (Å²) in [6.45, 7) is 20.8. The highest BCUT2D eigenvalue weighted by atomic mass is 16.5. The van der Waals surface area contributed by atoms with E-state index >= 15 is 0 Å². The van der Waals surface area contributed by atoms with Gasteiger partial charge in [0.2, 0.25) is 0 Å². The molecule has 2 unspecified atom stereocenters. The average Bonchev–Trinajstić information content (AvgIpc) is 3.30. The number of fused-ring (bicyclic) bond motifs is 1. The zero-order valence-corrected chi connectivity index (χ0v) is 19.3. The van der Waals surface area contributed by atoms with E-state index < -0.39 is 5.60 Å². The van der Waals surface area contributed by atoms with Crippen LogP contribution in [0.1, 0.15) is 66.7 Å². The minimum absolute atomic E-state index is 0.280. The molecule has 0 amide bonds. The van der Waals surface area contributed by atoms with Crippen LogP contribution in [0.5, 0.6) is 0 Å². The highest BCUT2D eigenvalue weighted by Gasteiger charge is 2.53. The van der Waals surface area contributed by atoms with Gasteiger partial charge < -0.3 is 14.2 Å². The number of ether oxygens (including phenoxy) is 3. The fourth-order valence-corrected chi connectivity index (χ4v) is 4.03. The molecule has 4 nitrogen and oxygen atoms in total. The molecular formula is C28H30O4. The first-order valence-corrected chi connectivity index (χ1v) is 10.8. The molecule has 1 aliphatic heterocycles. The van der Waals surface area contributed by atoms with Gasteiger partial charge in [-0.1, -0.05) is 55.6 Å². The number of allylic oxidation sites excluding steroid dienone is 1. The van der Waals surface area contributed by atoms with E-state index in [9.17, 15) is 4.79 Å². The topological polar surface area (TPSA) is 44.8 Å². The predicted octanol–water partition coefficient (Wildman–Crippen LogP) is 6.58. The Morgan fingerprint density at radius 3 is 2.44 bits per heavy atom. The Kier molecular flexibility index (Phi) is 5.38. The molecule has 2 aromatic rings. The molecule has 0 bridgehead atoms. The number of carbonyl (C=O) groups is 1. The van der Waals surface area contributed by atoms with Gasteiger partial charge in [-0.2, -0.15) is 0 Å². The molecule has 1 aliphatic carbocycles. The van der Waals surface area contributed by atoms with Gasteiger partial charge in [0.1, 0.15) is 17.1 Å². The molecule has 32 heavy (non-hydrogen) atoms. The second-order valence-electron chi connectivity index (χ2n) is 9.49. The second kappa shape index (κ2) is 7.79. The molecule has 0 saturated heterocycles. The molecule has 2 aromatic carbocycles. The van der Waals surface area contributed by atoms with Gasteiger partial charge in [0.25, 0.3) is 0 Å². The van der Waals surface area contributed by atoms with Crippen LogP contribution in [0.25, 0.3) is 17.1 Å². The Labute approximate surface area is 190 Å². The molecule has 2 atom stereocenters. The maximum Gasteiger partial charge on any atom is 0.344 e. The summed E-state index contributed by atoms with van der Waals surface area (Å²) in [5, 5.41) is 0. The van der Waals surface area contributed by atoms with Crippen molar-refractivity contribution in [1.82, 2.24) is 0 Å². The lowest BCUT2D eigenvalue weighted by molar-refractivity contribution is -0.0366. The largest absolute Gasteiger partial charge is 0.487 e. The van der Waals surface area contributed by atoms with Crippen LogP contribution < -0.4 is 0 Å². The van der Waals surface area contributed by atoms with Crippen molar-refractivity contribution in [2.45, 2.75) is 45.3 Å². The lowest BCUT2D eigenvalue weighted by atomic mass is 9.95. The van der Waals surface area contributed by atoms with Crippen LogP contribution in [0.2, 0.25) is 0 Å². The Morgan fingerprint density at radius 2 is 1.78 bits per heavy atom. The van der Waals surface area contributed by atoms with Crippen LogP contribution in [0.4, 0.5) is 0 Å². The van der Waals surface area contributed by atoms with Gasteiger partial charge in [0.15, 0.2) is 0 Å². The molecule has 4 rings (SSSR count). The Hall–Kier alpha value is -3.11. The van der Waals surface area contributed by atoms with E-state index in [0.717, 1.165) is 28.7 Å². The lowest BCUT2D eigenvalue weighted by Gasteiger charge is -2.27. The van der Waals surface area contributed by atoms with Crippen LogP contribution in [0, 0.1) is 5.92 Å². The number of esters is 1. The fraction of sp³-hybridized carbons (Fsp3) is 0.321. The Balaban J connectivity index is 1.36. The molecule has 1 fully saturated rings. The minimum Gasteiger partial charge on any atom is -0.487 e. The molecule has 166 valence electrons. The molecule has 4 heteroatoms. The highest BCUT2D eigenvalue weighted by Crippen LogP contribution is 2.50. The number of carbonyl (C=O) groups excluding carboxylic acids is 1. The van der Waals surface area contributed by atoms with Crippen molar-refractivity contribution in [3.05, 3.63) is 90.0 Å². The van der Waals surface area contributed by atoms with Crippen molar-refractivity contribution in [2.24, 2.45) is 5.92 Å². The summed E-state index contributed by atoms with van der Waals surface area (Å²) in [5.74, 6) is 0.843. The van der Waals surface area contributed by atoms with E-state index in [0.29, 0.717) is 29.3 Å². The monoisotopic (exact) mass is 430 g/mol. The van der Waals surface area contributed by atoms with E-state index in [-0.39, 0.29) is 17.5 Å². The molecule has 2 aliphatic rings. The van der Waals surface area contributed by atoms with Gasteiger partial charge in [-0.3, -0.25) is 0 Å². The number of hydrogen-bond acceptors (Lipinski definition) is 4. The normalized spacial score (nSPS) is 21.7. The van der Waals surface area contributed by atoms with Crippen LogP contribution >= 0.6 is 0 Å². The summed E-state index contributed by atoms with van der Waals surface area (Å²) in [6, 6.07) is 13.8. The van der Waals surface area contributed by atoms with Crippen LogP contribution in [-0.4, -0.2) is 18.2 Å². The molecule has 0 N–H and O–H groups in total. The molecular weight excluding hydrogens is 400 g/mol. The van der Waals surface area contributed by atoms with E-state index in [1.165, 1.54) is 0 Å². The summed E-state index contributed by atoms with van der Waals surface area (Å²) in [4.78, 5) is 11.8. The summed E-state index contributed by atoms with van der Waals surface area (Å²) in [7, 11) is 0. The molecule has 0 aromatic heterocycles. The molecule has 1 saturated carbocycles. The number of benzene rings is 2. The van der Waals surface area contributed by atoms with E-state index in [4.69, 9.17) is 14.2 Å². The number of cyclic esters (lactones) is 1. The van der Waals surface area contributed by atoms with E-state index in [2.05, 4.69) is 64.8 Å². The SMILES string of the molecule is C=C(C)c1ccc(C(C)(C)OCC2CC2(C)OC(=C)c2ccc3c(c2)C(=C)OC3=O)cc1. The van der Waals surface area contributed by atoms with Crippen LogP contribution in [0.3, 0.4) is 0 Å². The van der Waals surface area contributed by atoms with E-state index in [1.807, 2.05) is 19.1 Å². The summed E-state index contributed by atoms with van der Waals surface area (Å²) >= 11 is 0. The molecule has 1 heterocycles. The third-order valence-electron chi connectivity index (χ3n) is 6.51.